The molecule has 1 aromatic rings. The summed E-state index contributed by atoms with van der Waals surface area (Å²) in [6, 6.07) is 5.60. The zero-order chi connectivity index (χ0) is 17.6. The molecule has 3 rings (SSSR count). The van der Waals surface area contributed by atoms with Crippen molar-refractivity contribution in [3.63, 3.8) is 0 Å². The Morgan fingerprint density at radius 3 is 2.68 bits per heavy atom. The molecule has 1 N–H and O–H groups in total. The maximum absolute atomic E-state index is 12.4. The second kappa shape index (κ2) is 8.72. The lowest BCUT2D eigenvalue weighted by atomic mass is 9.97. The van der Waals surface area contributed by atoms with Gasteiger partial charge in [0.25, 0.3) is 0 Å². The van der Waals surface area contributed by atoms with E-state index in [1.165, 1.54) is 32.1 Å². The molecule has 1 aromatic carbocycles. The summed E-state index contributed by atoms with van der Waals surface area (Å²) in [4.78, 5) is 16.8. The zero-order valence-corrected chi connectivity index (χ0v) is 15.8. The first-order valence-electron chi connectivity index (χ1n) is 9.34. The first-order chi connectivity index (χ1) is 12.1. The summed E-state index contributed by atoms with van der Waals surface area (Å²) in [5.41, 5.74) is 3.40. The van der Waals surface area contributed by atoms with Crippen molar-refractivity contribution in [3.05, 3.63) is 40.4 Å². The molecule has 4 nitrogen and oxygen atoms in total. The van der Waals surface area contributed by atoms with Crippen molar-refractivity contribution in [1.82, 2.24) is 9.80 Å². The van der Waals surface area contributed by atoms with Crippen molar-refractivity contribution in [3.8, 4) is 0 Å². The molecule has 2 amide bonds. The zero-order valence-electron chi connectivity index (χ0n) is 15.1. The molecule has 0 radical (unpaired) electrons. The normalized spacial score (nSPS) is 18.8. The summed E-state index contributed by atoms with van der Waals surface area (Å²) in [7, 11) is 0. The maximum atomic E-state index is 12.4. The number of rotatable bonds is 4. The number of allylic oxidation sites excluding steroid dienone is 1. The van der Waals surface area contributed by atoms with Gasteiger partial charge in [0.15, 0.2) is 0 Å². The number of amides is 2. The molecule has 1 aliphatic heterocycles. The van der Waals surface area contributed by atoms with E-state index in [4.69, 9.17) is 11.6 Å². The van der Waals surface area contributed by atoms with Crippen LogP contribution in [0.2, 0.25) is 5.02 Å². The minimum absolute atomic E-state index is 0.0328. The smallest absolute Gasteiger partial charge is 0.321 e. The molecule has 0 atom stereocenters. The first-order valence-corrected chi connectivity index (χ1v) is 9.72. The van der Waals surface area contributed by atoms with E-state index in [0.717, 1.165) is 44.0 Å². The highest BCUT2D eigenvalue weighted by Gasteiger charge is 2.21. The van der Waals surface area contributed by atoms with Crippen LogP contribution in [0.5, 0.6) is 0 Å². The van der Waals surface area contributed by atoms with Gasteiger partial charge in [-0.05, 0) is 56.7 Å². The van der Waals surface area contributed by atoms with Gasteiger partial charge in [-0.15, -0.1) is 0 Å². The van der Waals surface area contributed by atoms with Gasteiger partial charge in [0, 0.05) is 43.4 Å². The number of hydrogen-bond acceptors (Lipinski definition) is 2. The topological polar surface area (TPSA) is 35.6 Å². The van der Waals surface area contributed by atoms with Crippen LogP contribution in [0.15, 0.2) is 29.8 Å². The molecule has 5 heteroatoms. The van der Waals surface area contributed by atoms with Gasteiger partial charge in [0.2, 0.25) is 0 Å². The minimum atomic E-state index is -0.0328. The van der Waals surface area contributed by atoms with Gasteiger partial charge in [0.05, 0.1) is 0 Å². The van der Waals surface area contributed by atoms with Crippen molar-refractivity contribution in [2.45, 2.75) is 39.0 Å². The van der Waals surface area contributed by atoms with Gasteiger partial charge in [-0.2, -0.15) is 0 Å². The molecule has 0 spiro atoms. The Morgan fingerprint density at radius 2 is 2.00 bits per heavy atom. The second-order valence-corrected chi connectivity index (χ2v) is 7.49. The van der Waals surface area contributed by atoms with E-state index in [0.29, 0.717) is 5.02 Å². The number of benzene rings is 1. The van der Waals surface area contributed by atoms with Gasteiger partial charge in [-0.25, -0.2) is 4.79 Å². The summed E-state index contributed by atoms with van der Waals surface area (Å²) in [5, 5.41) is 3.63. The van der Waals surface area contributed by atoms with Crippen molar-refractivity contribution in [2.75, 3.05) is 38.0 Å². The van der Waals surface area contributed by atoms with Crippen LogP contribution in [0.3, 0.4) is 0 Å². The highest BCUT2D eigenvalue weighted by Crippen LogP contribution is 2.22. The summed E-state index contributed by atoms with van der Waals surface area (Å²) < 4.78 is 0. The summed E-state index contributed by atoms with van der Waals surface area (Å²) in [6.45, 7) is 6.55. The summed E-state index contributed by atoms with van der Waals surface area (Å²) in [6.07, 6.45) is 8.86. The minimum Gasteiger partial charge on any atom is -0.322 e. The molecule has 0 saturated carbocycles. The number of nitrogens with zero attached hydrogens (tertiary/aromatic N) is 2. The third-order valence-electron chi connectivity index (χ3n) is 5.22. The van der Waals surface area contributed by atoms with Crippen LogP contribution in [-0.4, -0.2) is 48.6 Å². The van der Waals surface area contributed by atoms with Crippen LogP contribution < -0.4 is 5.32 Å². The van der Waals surface area contributed by atoms with Crippen LogP contribution >= 0.6 is 11.6 Å². The Bertz CT molecular complexity index is 636. The van der Waals surface area contributed by atoms with Crippen LogP contribution in [-0.2, 0) is 0 Å². The number of anilines is 1. The van der Waals surface area contributed by atoms with Gasteiger partial charge < -0.3 is 10.2 Å². The predicted molar refractivity (Wildman–Crippen MR) is 104 cm³/mol. The van der Waals surface area contributed by atoms with Gasteiger partial charge in [0.1, 0.15) is 0 Å². The Hall–Kier alpha value is -1.52. The van der Waals surface area contributed by atoms with Gasteiger partial charge in [-0.3, -0.25) is 4.90 Å². The van der Waals surface area contributed by atoms with E-state index >= 15 is 0 Å². The third kappa shape index (κ3) is 5.23. The molecule has 0 unspecified atom stereocenters. The molecular formula is C20H28ClN3O. The molecule has 2 aliphatic rings. The Labute approximate surface area is 155 Å². The number of carbonyl (C=O) groups is 1. The molecule has 0 bridgehead atoms. The van der Waals surface area contributed by atoms with Crippen molar-refractivity contribution in [2.24, 2.45) is 0 Å². The number of piperazine rings is 1. The largest absolute Gasteiger partial charge is 0.322 e. The molecule has 1 fully saturated rings. The average molecular weight is 362 g/mol. The number of hydrogen-bond donors (Lipinski definition) is 1. The monoisotopic (exact) mass is 361 g/mol. The summed E-state index contributed by atoms with van der Waals surface area (Å²) >= 11 is 6.12. The third-order valence-corrected chi connectivity index (χ3v) is 5.62. The van der Waals surface area contributed by atoms with E-state index < -0.39 is 0 Å². The van der Waals surface area contributed by atoms with Gasteiger partial charge >= 0.3 is 6.03 Å². The van der Waals surface area contributed by atoms with E-state index in [1.807, 2.05) is 30.0 Å². The van der Waals surface area contributed by atoms with Crippen molar-refractivity contribution < 1.29 is 4.79 Å². The van der Waals surface area contributed by atoms with Crippen LogP contribution in [0, 0.1) is 6.92 Å². The number of aryl methyl sites for hydroxylation is 1. The fourth-order valence-electron chi connectivity index (χ4n) is 3.48. The Balaban J connectivity index is 1.42. The van der Waals surface area contributed by atoms with Gasteiger partial charge in [-0.1, -0.05) is 29.3 Å². The number of halogens is 1. The second-order valence-electron chi connectivity index (χ2n) is 7.08. The highest BCUT2D eigenvalue weighted by molar-refractivity contribution is 6.31. The predicted octanol–water partition coefficient (Wildman–Crippen LogP) is 4.69. The van der Waals surface area contributed by atoms with E-state index in [9.17, 15) is 4.79 Å². The highest BCUT2D eigenvalue weighted by atomic mass is 35.5. The molecule has 25 heavy (non-hydrogen) atoms. The molecule has 0 aromatic heterocycles. The molecule has 1 heterocycles. The molecule has 136 valence electrons. The Morgan fingerprint density at radius 1 is 1.20 bits per heavy atom. The number of carbonyl (C=O) groups excluding carboxylic acids is 1. The summed E-state index contributed by atoms with van der Waals surface area (Å²) in [5.74, 6) is 0. The number of nitrogens with one attached hydrogen (secondary N) is 1. The van der Waals surface area contributed by atoms with E-state index in [-0.39, 0.29) is 6.03 Å². The molecule has 1 aliphatic carbocycles. The average Bonchev–Trinajstić information content (AvgIpc) is 2.64. The standard InChI is InChI=1S/C20H28ClN3O/c1-16-7-8-18(15-19(16)21)22-20(25)24-13-11-23(12-14-24)10-9-17-5-3-2-4-6-17/h5,7-8,15H,2-4,6,9-14H2,1H3,(H,22,25). The maximum Gasteiger partial charge on any atom is 0.321 e. The molecular weight excluding hydrogens is 334 g/mol. The lowest BCUT2D eigenvalue weighted by molar-refractivity contribution is 0.148. The van der Waals surface area contributed by atoms with E-state index in [2.05, 4.69) is 16.3 Å². The lowest BCUT2D eigenvalue weighted by Crippen LogP contribution is -2.50. The first kappa shape index (κ1) is 18.3. The van der Waals surface area contributed by atoms with Crippen molar-refractivity contribution in [1.29, 1.82) is 0 Å². The fourth-order valence-corrected chi connectivity index (χ4v) is 3.66. The quantitative estimate of drug-likeness (QED) is 0.790. The Kier molecular flexibility index (Phi) is 6.38. The molecule has 1 saturated heterocycles. The number of urea groups is 1. The lowest BCUT2D eigenvalue weighted by Gasteiger charge is -2.35. The van der Waals surface area contributed by atoms with Crippen molar-refractivity contribution >= 4 is 23.3 Å². The SMILES string of the molecule is Cc1ccc(NC(=O)N2CCN(CCC3=CCCCC3)CC2)cc1Cl. The fraction of sp³-hybridized carbons (Fsp3) is 0.550. The van der Waals surface area contributed by atoms with Crippen LogP contribution in [0.4, 0.5) is 10.5 Å². The van der Waals surface area contributed by atoms with E-state index in [1.54, 1.807) is 5.57 Å². The van der Waals surface area contributed by atoms with Crippen LogP contribution in [0.25, 0.3) is 0 Å². The van der Waals surface area contributed by atoms with Crippen LogP contribution in [0.1, 0.15) is 37.7 Å².